The standard InChI is InChI=1S/C19H16ClFN4O2/c1-12-16(17(20)25(24-12)11-13-7-3-2-4-8-13)19(27)23-22-18(26)14-9-5-6-10-15(14)21/h2-10H,11H2,1H3,(H,22,26)(H,23,27). The summed E-state index contributed by atoms with van der Waals surface area (Å²) in [6, 6.07) is 15.0. The molecule has 2 amide bonds. The number of amides is 2. The highest BCUT2D eigenvalue weighted by Crippen LogP contribution is 2.20. The van der Waals surface area contributed by atoms with Crippen LogP contribution in [0.4, 0.5) is 4.39 Å². The fraction of sp³-hybridized carbons (Fsp3) is 0.105. The Kier molecular flexibility index (Phi) is 5.52. The van der Waals surface area contributed by atoms with Crippen LogP contribution in [-0.2, 0) is 6.54 Å². The second-order valence-corrected chi connectivity index (χ2v) is 6.14. The molecule has 1 heterocycles. The van der Waals surface area contributed by atoms with Gasteiger partial charge >= 0.3 is 0 Å². The first-order chi connectivity index (χ1) is 13.0. The molecule has 0 radical (unpaired) electrons. The first-order valence-electron chi connectivity index (χ1n) is 8.09. The van der Waals surface area contributed by atoms with Gasteiger partial charge in [-0.2, -0.15) is 5.10 Å². The molecule has 2 N–H and O–H groups in total. The van der Waals surface area contributed by atoms with Crippen LogP contribution in [0, 0.1) is 12.7 Å². The van der Waals surface area contributed by atoms with Gasteiger partial charge in [-0.15, -0.1) is 0 Å². The van der Waals surface area contributed by atoms with Crippen LogP contribution in [0.3, 0.4) is 0 Å². The van der Waals surface area contributed by atoms with Gasteiger partial charge in [-0.3, -0.25) is 20.4 Å². The number of aromatic nitrogens is 2. The highest BCUT2D eigenvalue weighted by atomic mass is 35.5. The number of carbonyl (C=O) groups excluding carboxylic acids is 2. The van der Waals surface area contributed by atoms with Gasteiger partial charge in [-0.1, -0.05) is 54.1 Å². The quantitative estimate of drug-likeness (QED) is 0.676. The Balaban J connectivity index is 1.72. The lowest BCUT2D eigenvalue weighted by molar-refractivity contribution is 0.0844. The molecule has 3 rings (SSSR count). The smallest absolute Gasteiger partial charge is 0.267 e. The van der Waals surface area contributed by atoms with Gasteiger partial charge in [0, 0.05) is 0 Å². The number of hydrogen-bond acceptors (Lipinski definition) is 3. The number of carbonyl (C=O) groups is 2. The van der Waals surface area contributed by atoms with Crippen LogP contribution in [0.1, 0.15) is 32.0 Å². The van der Waals surface area contributed by atoms with Crippen molar-refractivity contribution in [3.63, 3.8) is 0 Å². The Morgan fingerprint density at radius 2 is 1.67 bits per heavy atom. The molecule has 0 aliphatic heterocycles. The van der Waals surface area contributed by atoms with E-state index in [4.69, 9.17) is 11.6 Å². The number of nitrogens with one attached hydrogen (secondary N) is 2. The van der Waals surface area contributed by atoms with Crippen LogP contribution < -0.4 is 10.9 Å². The van der Waals surface area contributed by atoms with Gasteiger partial charge in [0.15, 0.2) is 0 Å². The highest BCUT2D eigenvalue weighted by Gasteiger charge is 2.21. The summed E-state index contributed by atoms with van der Waals surface area (Å²) in [6.45, 7) is 2.04. The summed E-state index contributed by atoms with van der Waals surface area (Å²) in [5, 5.41) is 4.42. The Bertz CT molecular complexity index is 989. The van der Waals surface area contributed by atoms with E-state index >= 15 is 0 Å². The third-order valence-corrected chi connectivity index (χ3v) is 4.26. The zero-order chi connectivity index (χ0) is 19.4. The minimum absolute atomic E-state index is 0.140. The molecule has 0 saturated carbocycles. The summed E-state index contributed by atoms with van der Waals surface area (Å²) < 4.78 is 15.1. The van der Waals surface area contributed by atoms with Crippen molar-refractivity contribution in [3.05, 3.63) is 88.0 Å². The lowest BCUT2D eigenvalue weighted by atomic mass is 10.2. The van der Waals surface area contributed by atoms with E-state index in [1.54, 1.807) is 6.92 Å². The van der Waals surface area contributed by atoms with E-state index in [0.717, 1.165) is 11.6 Å². The fourth-order valence-corrected chi connectivity index (χ4v) is 2.88. The molecule has 0 bridgehead atoms. The number of nitrogens with zero attached hydrogens (tertiary/aromatic N) is 2. The van der Waals surface area contributed by atoms with Crippen molar-refractivity contribution in [3.8, 4) is 0 Å². The molecule has 0 aliphatic rings. The molecule has 0 saturated heterocycles. The van der Waals surface area contributed by atoms with Gasteiger partial charge < -0.3 is 0 Å². The Labute approximate surface area is 159 Å². The minimum atomic E-state index is -0.771. The Morgan fingerprint density at radius 3 is 2.37 bits per heavy atom. The average molecular weight is 387 g/mol. The van der Waals surface area contributed by atoms with E-state index in [1.165, 1.54) is 22.9 Å². The van der Waals surface area contributed by atoms with E-state index in [2.05, 4.69) is 16.0 Å². The van der Waals surface area contributed by atoms with E-state index in [1.807, 2.05) is 30.3 Å². The average Bonchev–Trinajstić information content (AvgIpc) is 2.94. The molecule has 0 atom stereocenters. The molecule has 3 aromatic rings. The zero-order valence-electron chi connectivity index (χ0n) is 14.4. The number of hydrogen-bond donors (Lipinski definition) is 2. The second kappa shape index (κ2) is 8.01. The molecular formula is C19H16ClFN4O2. The van der Waals surface area contributed by atoms with E-state index < -0.39 is 17.6 Å². The molecule has 138 valence electrons. The van der Waals surface area contributed by atoms with Crippen LogP contribution >= 0.6 is 11.6 Å². The van der Waals surface area contributed by atoms with Gasteiger partial charge in [-0.05, 0) is 24.6 Å². The van der Waals surface area contributed by atoms with Crippen LogP contribution in [0.5, 0.6) is 0 Å². The number of benzene rings is 2. The third kappa shape index (κ3) is 4.15. The van der Waals surface area contributed by atoms with E-state index in [0.29, 0.717) is 12.2 Å². The topological polar surface area (TPSA) is 76.0 Å². The van der Waals surface area contributed by atoms with Crippen LogP contribution in [0.25, 0.3) is 0 Å². The lowest BCUT2D eigenvalue weighted by Crippen LogP contribution is -2.42. The monoisotopic (exact) mass is 386 g/mol. The molecule has 1 aromatic heterocycles. The van der Waals surface area contributed by atoms with Crippen LogP contribution in [0.15, 0.2) is 54.6 Å². The summed E-state index contributed by atoms with van der Waals surface area (Å²) in [6.07, 6.45) is 0. The predicted octanol–water partition coefficient (Wildman–Crippen LogP) is 3.11. The number of rotatable bonds is 4. The molecule has 0 fully saturated rings. The van der Waals surface area contributed by atoms with Gasteiger partial charge in [-0.25, -0.2) is 9.07 Å². The van der Waals surface area contributed by atoms with Crippen molar-refractivity contribution in [2.75, 3.05) is 0 Å². The first kappa shape index (κ1) is 18.6. The summed E-state index contributed by atoms with van der Waals surface area (Å²) in [7, 11) is 0. The molecule has 2 aromatic carbocycles. The number of halogens is 2. The van der Waals surface area contributed by atoms with Crippen molar-refractivity contribution in [1.29, 1.82) is 0 Å². The third-order valence-electron chi connectivity index (χ3n) is 3.88. The van der Waals surface area contributed by atoms with Crippen molar-refractivity contribution in [2.24, 2.45) is 0 Å². The number of hydrazine groups is 1. The van der Waals surface area contributed by atoms with Gasteiger partial charge in [0.05, 0.1) is 17.8 Å². The first-order valence-corrected chi connectivity index (χ1v) is 8.47. The second-order valence-electron chi connectivity index (χ2n) is 5.78. The van der Waals surface area contributed by atoms with Crippen molar-refractivity contribution < 1.29 is 14.0 Å². The molecule has 0 spiro atoms. The Morgan fingerprint density at radius 1 is 1.04 bits per heavy atom. The van der Waals surface area contributed by atoms with E-state index in [9.17, 15) is 14.0 Å². The molecule has 8 heteroatoms. The van der Waals surface area contributed by atoms with Crippen LogP contribution in [0.2, 0.25) is 5.15 Å². The van der Waals surface area contributed by atoms with E-state index in [-0.39, 0.29) is 16.3 Å². The summed E-state index contributed by atoms with van der Waals surface area (Å²) in [5.74, 6) is -2.09. The highest BCUT2D eigenvalue weighted by molar-refractivity contribution is 6.33. The van der Waals surface area contributed by atoms with Crippen LogP contribution in [-0.4, -0.2) is 21.6 Å². The SMILES string of the molecule is Cc1nn(Cc2ccccc2)c(Cl)c1C(=O)NNC(=O)c1ccccc1F. The van der Waals surface area contributed by atoms with Gasteiger partial charge in [0.1, 0.15) is 16.5 Å². The molecule has 27 heavy (non-hydrogen) atoms. The normalized spacial score (nSPS) is 10.5. The zero-order valence-corrected chi connectivity index (χ0v) is 15.1. The lowest BCUT2D eigenvalue weighted by Gasteiger charge is -2.08. The largest absolute Gasteiger partial charge is 0.274 e. The maximum atomic E-state index is 13.6. The predicted molar refractivity (Wildman–Crippen MR) is 98.9 cm³/mol. The van der Waals surface area contributed by atoms with Gasteiger partial charge in [0.25, 0.3) is 11.8 Å². The fourth-order valence-electron chi connectivity index (χ4n) is 2.56. The minimum Gasteiger partial charge on any atom is -0.267 e. The summed E-state index contributed by atoms with van der Waals surface area (Å²) in [4.78, 5) is 24.4. The Hall–Kier alpha value is -3.19. The van der Waals surface area contributed by atoms with Crippen molar-refractivity contribution in [2.45, 2.75) is 13.5 Å². The summed E-state index contributed by atoms with van der Waals surface area (Å²) >= 11 is 6.30. The maximum Gasteiger partial charge on any atom is 0.274 e. The molecular weight excluding hydrogens is 371 g/mol. The van der Waals surface area contributed by atoms with Crippen molar-refractivity contribution in [1.82, 2.24) is 20.6 Å². The molecule has 0 aliphatic carbocycles. The van der Waals surface area contributed by atoms with Crippen molar-refractivity contribution >= 4 is 23.4 Å². The summed E-state index contributed by atoms with van der Waals surface area (Å²) in [5.41, 5.74) is 5.76. The molecule has 6 nitrogen and oxygen atoms in total. The van der Waals surface area contributed by atoms with Gasteiger partial charge in [0.2, 0.25) is 0 Å². The maximum absolute atomic E-state index is 13.6. The molecule has 0 unspecified atom stereocenters. The number of aryl methyl sites for hydroxylation is 1.